The highest BCUT2D eigenvalue weighted by atomic mass is 16.4. The summed E-state index contributed by atoms with van der Waals surface area (Å²) in [6.45, 7) is 11.6. The van der Waals surface area contributed by atoms with E-state index < -0.39 is 105 Å². The number of carbonyl (C=O) groups is 7. The van der Waals surface area contributed by atoms with Gasteiger partial charge in [-0.15, -0.1) is 0 Å². The lowest BCUT2D eigenvalue weighted by atomic mass is 9.93. The molecule has 15 N–H and O–H groups in total. The van der Waals surface area contributed by atoms with Crippen LogP contribution in [0.15, 0.2) is 63.3 Å². The summed E-state index contributed by atoms with van der Waals surface area (Å²) < 4.78 is 0. The Bertz CT molecular complexity index is 823. The maximum absolute atomic E-state index is 9.64. The summed E-state index contributed by atoms with van der Waals surface area (Å²) in [5, 5.41) is 122. The van der Waals surface area contributed by atoms with Crippen LogP contribution in [0.4, 0.5) is 0 Å². The van der Waals surface area contributed by atoms with Gasteiger partial charge in [-0.2, -0.15) is 0 Å². The van der Waals surface area contributed by atoms with E-state index in [0.29, 0.717) is 0 Å². The van der Waals surface area contributed by atoms with Gasteiger partial charge in [0.1, 0.15) is 0 Å². The van der Waals surface area contributed by atoms with E-state index in [1.807, 2.05) is 0 Å². The van der Waals surface area contributed by atoms with Crippen molar-refractivity contribution in [2.45, 2.75) is 12.8 Å². The second-order valence-electron chi connectivity index (χ2n) is 8.26. The number of aliphatic carboxylic acids is 7. The van der Waals surface area contributed by atoms with Gasteiger partial charge in [0.05, 0.1) is 76.5 Å². The van der Waals surface area contributed by atoms with Crippen LogP contribution in [0.5, 0.6) is 0 Å². The van der Waals surface area contributed by atoms with Crippen LogP contribution in [0.3, 0.4) is 0 Å². The molecule has 0 heterocycles. The summed E-state index contributed by atoms with van der Waals surface area (Å²) in [4.78, 5) is 65.5. The molecule has 0 aromatic rings. The molecule has 0 saturated carbocycles. The van der Waals surface area contributed by atoms with Crippen LogP contribution in [-0.2, 0) is 33.6 Å². The fourth-order valence-electron chi connectivity index (χ4n) is 0.814. The number of aliphatic hydroxyl groups excluding tert-OH is 8. The molecule has 0 rings (SSSR count). The van der Waals surface area contributed by atoms with Gasteiger partial charge in [-0.3, -0.25) is 9.59 Å². The van der Waals surface area contributed by atoms with Crippen LogP contribution in [0, 0.1) is 10.8 Å². The van der Waals surface area contributed by atoms with Gasteiger partial charge in [0.25, 0.3) is 0 Å². The maximum Gasteiger partial charge on any atom is 0.327 e. The first-order valence-electron chi connectivity index (χ1n) is 13.0. The first-order valence-corrected chi connectivity index (χ1v) is 13.0. The number of aliphatic hydroxyl groups is 8. The molecule has 22 nitrogen and oxygen atoms in total. The third kappa shape index (κ3) is 71.7. The van der Waals surface area contributed by atoms with Crippen molar-refractivity contribution in [1.29, 1.82) is 0 Å². The predicted molar refractivity (Wildman–Crippen MR) is 175 cm³/mol. The van der Waals surface area contributed by atoms with Crippen LogP contribution in [0.25, 0.3) is 0 Å². The minimum absolute atomic E-state index is 0.296. The first kappa shape index (κ1) is 64.2. The molecule has 0 saturated heterocycles. The van der Waals surface area contributed by atoms with E-state index in [1.54, 1.807) is 0 Å². The number of hydrogen-bond donors (Lipinski definition) is 15. The third-order valence-electron chi connectivity index (χ3n) is 4.11. The van der Waals surface area contributed by atoms with Gasteiger partial charge in [-0.1, -0.05) is 32.9 Å². The second kappa shape index (κ2) is 46.8. The maximum atomic E-state index is 9.64. The molecule has 298 valence electrons. The molecule has 0 radical (unpaired) electrons. The molecule has 22 heteroatoms. The molecular weight excluding hydrogens is 700 g/mol. The minimum Gasteiger partial charge on any atom is -0.481 e. The van der Waals surface area contributed by atoms with Crippen molar-refractivity contribution in [1.82, 2.24) is 0 Å². The van der Waals surface area contributed by atoms with E-state index in [1.165, 1.54) is 0 Å². The van der Waals surface area contributed by atoms with Gasteiger partial charge in [0.15, 0.2) is 0 Å². The summed E-state index contributed by atoms with van der Waals surface area (Å²) >= 11 is 0. The fourth-order valence-corrected chi connectivity index (χ4v) is 0.814. The monoisotopic (exact) mass is 750 g/mol. The summed E-state index contributed by atoms with van der Waals surface area (Å²) in [5.41, 5.74) is -2.22. The molecule has 0 aliphatic carbocycles. The molecule has 0 atom stereocenters. The smallest absolute Gasteiger partial charge is 0.327 e. The largest absolute Gasteiger partial charge is 0.481 e. The molecule has 0 aliphatic rings. The summed E-state index contributed by atoms with van der Waals surface area (Å²) in [6, 6.07) is 0. The fraction of sp³-hybridized carbons (Fsp3) is 0.414. The highest BCUT2D eigenvalue weighted by molar-refractivity contribution is 5.80. The van der Waals surface area contributed by atoms with E-state index in [-0.39, 0.29) is 12.8 Å². The average molecular weight is 751 g/mol. The standard InChI is InChI=1S/2C5H12O4.C4H6O4.5C3H4O2/c2*6-1-5(2-7,3-8)4-9;5-3(6)1-2-4(7)8;5*1-2-3(4)5/h2*6-9H,1-4H2;1-2H2,(H,5,6)(H,7,8);5*2H,1H2,(H,4,5). The number of hydrogen-bond acceptors (Lipinski definition) is 15. The van der Waals surface area contributed by atoms with Gasteiger partial charge in [0, 0.05) is 30.4 Å². The quantitative estimate of drug-likeness (QED) is 0.0703. The zero-order valence-electron chi connectivity index (χ0n) is 27.6. The number of rotatable bonds is 16. The van der Waals surface area contributed by atoms with Crippen LogP contribution in [0.1, 0.15) is 12.8 Å². The number of carboxylic acid groups (broad SMARTS) is 7. The van der Waals surface area contributed by atoms with E-state index in [4.69, 9.17) is 76.6 Å². The van der Waals surface area contributed by atoms with Gasteiger partial charge in [0.2, 0.25) is 0 Å². The van der Waals surface area contributed by atoms with E-state index in [9.17, 15) is 33.6 Å². The highest BCUT2D eigenvalue weighted by Crippen LogP contribution is 2.12. The van der Waals surface area contributed by atoms with E-state index in [2.05, 4.69) is 32.9 Å². The third-order valence-corrected chi connectivity index (χ3v) is 4.11. The zero-order valence-corrected chi connectivity index (χ0v) is 27.6. The summed E-state index contributed by atoms with van der Waals surface area (Å²) in [6.07, 6.45) is 3.57. The molecule has 0 aliphatic heterocycles. The van der Waals surface area contributed by atoms with Crippen molar-refractivity contribution in [3.8, 4) is 0 Å². The Kier molecular flexibility index (Phi) is 58.9. The lowest BCUT2D eigenvalue weighted by Gasteiger charge is -2.23. The lowest BCUT2D eigenvalue weighted by Crippen LogP contribution is -2.37. The minimum atomic E-state index is -1.11. The number of carboxylic acids is 7. The van der Waals surface area contributed by atoms with Crippen molar-refractivity contribution >= 4 is 41.8 Å². The SMILES string of the molecule is C=CC(=O)O.C=CC(=O)O.C=CC(=O)O.C=CC(=O)O.C=CC(=O)O.O=C(O)CCC(=O)O.OCC(CO)(CO)CO.OCC(CO)(CO)CO. The molecule has 0 spiro atoms. The van der Waals surface area contributed by atoms with Gasteiger partial charge in [-0.25, -0.2) is 24.0 Å². The van der Waals surface area contributed by atoms with Crippen LogP contribution < -0.4 is 0 Å². The Morgan fingerprint density at radius 2 is 0.431 bits per heavy atom. The zero-order chi connectivity index (χ0) is 42.6. The van der Waals surface area contributed by atoms with Crippen molar-refractivity contribution in [3.63, 3.8) is 0 Å². The van der Waals surface area contributed by atoms with Crippen molar-refractivity contribution < 1.29 is 110 Å². The first-order chi connectivity index (χ1) is 23.5. The Labute approximate surface area is 292 Å². The summed E-state index contributed by atoms with van der Waals surface area (Å²) in [7, 11) is 0. The molecule has 0 bridgehead atoms. The Hall–Kier alpha value is -5.33. The van der Waals surface area contributed by atoms with E-state index >= 15 is 0 Å². The topological polar surface area (TPSA) is 423 Å². The molecule has 0 amide bonds. The molecule has 0 fully saturated rings. The van der Waals surface area contributed by atoms with Crippen molar-refractivity contribution in [2.75, 3.05) is 52.9 Å². The van der Waals surface area contributed by atoms with Crippen molar-refractivity contribution in [2.24, 2.45) is 10.8 Å². The van der Waals surface area contributed by atoms with Crippen LogP contribution >= 0.6 is 0 Å². The van der Waals surface area contributed by atoms with Crippen LogP contribution in [0.2, 0.25) is 0 Å². The van der Waals surface area contributed by atoms with Crippen molar-refractivity contribution in [3.05, 3.63) is 63.3 Å². The van der Waals surface area contributed by atoms with Gasteiger partial charge in [-0.05, 0) is 0 Å². The molecule has 0 aromatic heterocycles. The van der Waals surface area contributed by atoms with Gasteiger partial charge < -0.3 is 76.6 Å². The molecular formula is C29H50O22. The van der Waals surface area contributed by atoms with E-state index in [0.717, 1.165) is 30.4 Å². The van der Waals surface area contributed by atoms with Gasteiger partial charge >= 0.3 is 41.8 Å². The molecule has 0 aromatic carbocycles. The Morgan fingerprint density at radius 1 is 0.333 bits per heavy atom. The normalized spacial score (nSPS) is 8.71. The average Bonchev–Trinajstić information content (AvgIpc) is 3.11. The summed E-state index contributed by atoms with van der Waals surface area (Å²) in [5.74, 6) is -7.06. The lowest BCUT2D eigenvalue weighted by molar-refractivity contribution is -0.143. The molecule has 51 heavy (non-hydrogen) atoms. The molecule has 0 unspecified atom stereocenters. The Morgan fingerprint density at radius 3 is 0.451 bits per heavy atom. The highest BCUT2D eigenvalue weighted by Gasteiger charge is 2.27. The predicted octanol–water partition coefficient (Wildman–Crippen LogP) is -2.90. The Balaban J connectivity index is -0.0000000701. The second-order valence-corrected chi connectivity index (χ2v) is 8.26. The van der Waals surface area contributed by atoms with Crippen LogP contribution in [-0.4, -0.2) is 171 Å².